The van der Waals surface area contributed by atoms with E-state index in [1.54, 1.807) is 5.57 Å². The Labute approximate surface area is 140 Å². The summed E-state index contributed by atoms with van der Waals surface area (Å²) in [4.78, 5) is 0. The van der Waals surface area contributed by atoms with Gasteiger partial charge in [-0.15, -0.1) is 0 Å². The highest BCUT2D eigenvalue weighted by molar-refractivity contribution is 5.23. The summed E-state index contributed by atoms with van der Waals surface area (Å²) in [6.45, 7) is 6.56. The zero-order valence-corrected chi connectivity index (χ0v) is 15.0. The average Bonchev–Trinajstić information content (AvgIpc) is 2.84. The number of aliphatic hydroxyl groups is 1. The van der Waals surface area contributed by atoms with Crippen LogP contribution in [-0.4, -0.2) is 16.9 Å². The number of halogens is 1. The van der Waals surface area contributed by atoms with E-state index in [4.69, 9.17) is 0 Å². The molecule has 0 aromatic heterocycles. The number of rotatable bonds is 0. The lowest BCUT2D eigenvalue weighted by molar-refractivity contribution is -0.118. The molecule has 2 heteroatoms. The second-order valence-electron chi connectivity index (χ2n) is 9.56. The van der Waals surface area contributed by atoms with Gasteiger partial charge in [-0.05, 0) is 100 Å². The highest BCUT2D eigenvalue weighted by Crippen LogP contribution is 2.64. The van der Waals surface area contributed by atoms with Gasteiger partial charge in [0.15, 0.2) is 0 Å². The Hall–Kier alpha value is -0.370. The molecule has 4 fully saturated rings. The highest BCUT2D eigenvalue weighted by atomic mass is 19.1. The third-order valence-electron chi connectivity index (χ3n) is 8.44. The lowest BCUT2D eigenvalue weighted by atomic mass is 9.49. The molecular weight excluding hydrogens is 287 g/mol. The molecule has 4 rings (SSSR count). The number of alkyl halides is 1. The maximum atomic E-state index is 15.1. The van der Waals surface area contributed by atoms with Gasteiger partial charge in [0.1, 0.15) is 6.17 Å². The number of hydrogen-bond donors (Lipinski definition) is 1. The molecule has 130 valence electrons. The molecule has 1 nitrogen and oxygen atoms in total. The first kappa shape index (κ1) is 16.1. The van der Waals surface area contributed by atoms with Crippen LogP contribution in [0.4, 0.5) is 4.39 Å². The zero-order valence-electron chi connectivity index (χ0n) is 15.0. The molecule has 0 radical (unpaired) electrons. The van der Waals surface area contributed by atoms with E-state index in [2.05, 4.69) is 19.9 Å². The first-order valence-electron chi connectivity index (χ1n) is 9.88. The summed E-state index contributed by atoms with van der Waals surface area (Å²) >= 11 is 0. The summed E-state index contributed by atoms with van der Waals surface area (Å²) in [7, 11) is 0. The minimum atomic E-state index is -0.690. The van der Waals surface area contributed by atoms with Crippen LogP contribution in [0.2, 0.25) is 0 Å². The molecule has 0 bridgehead atoms. The summed E-state index contributed by atoms with van der Waals surface area (Å²) in [6, 6.07) is 0. The molecule has 23 heavy (non-hydrogen) atoms. The first-order valence-corrected chi connectivity index (χ1v) is 9.88. The van der Waals surface area contributed by atoms with Gasteiger partial charge in [0.05, 0.1) is 5.60 Å². The van der Waals surface area contributed by atoms with Crippen LogP contribution in [0.15, 0.2) is 11.6 Å². The number of fused-ring (bicyclic) bond motifs is 5. The molecule has 8 atom stereocenters. The molecular formula is C21H33FO. The van der Waals surface area contributed by atoms with Crippen LogP contribution in [-0.2, 0) is 0 Å². The smallest absolute Gasteiger partial charge is 0.104 e. The summed E-state index contributed by atoms with van der Waals surface area (Å²) in [5, 5.41) is 10.4. The molecule has 0 aromatic carbocycles. The van der Waals surface area contributed by atoms with Gasteiger partial charge in [0.25, 0.3) is 0 Å². The molecule has 4 aliphatic carbocycles. The Bertz CT molecular complexity index is 510. The fraction of sp³-hybridized carbons (Fsp3) is 0.905. The Morgan fingerprint density at radius 3 is 2.48 bits per heavy atom. The molecule has 4 saturated carbocycles. The van der Waals surface area contributed by atoms with Crippen LogP contribution in [0.1, 0.15) is 72.1 Å². The summed E-state index contributed by atoms with van der Waals surface area (Å²) in [6.07, 6.45) is 10.1. The first-order chi connectivity index (χ1) is 10.9. The Balaban J connectivity index is 1.61. The number of hydrogen-bond acceptors (Lipinski definition) is 1. The van der Waals surface area contributed by atoms with Crippen molar-refractivity contribution in [1.29, 1.82) is 0 Å². The van der Waals surface area contributed by atoms with Crippen LogP contribution in [0.25, 0.3) is 0 Å². The van der Waals surface area contributed by atoms with Crippen molar-refractivity contribution in [2.24, 2.45) is 35.0 Å². The van der Waals surface area contributed by atoms with Crippen LogP contribution in [0.3, 0.4) is 0 Å². The van der Waals surface area contributed by atoms with E-state index < -0.39 is 11.8 Å². The van der Waals surface area contributed by atoms with Crippen molar-refractivity contribution in [1.82, 2.24) is 0 Å². The van der Waals surface area contributed by atoms with Gasteiger partial charge in [0, 0.05) is 0 Å². The van der Waals surface area contributed by atoms with Crippen LogP contribution in [0, 0.1) is 35.0 Å². The molecule has 0 aliphatic heterocycles. The van der Waals surface area contributed by atoms with Crippen molar-refractivity contribution < 1.29 is 9.50 Å². The summed E-state index contributed by atoms with van der Waals surface area (Å²) in [5.41, 5.74) is 1.36. The van der Waals surface area contributed by atoms with E-state index in [-0.39, 0.29) is 5.92 Å². The Morgan fingerprint density at radius 2 is 1.74 bits per heavy atom. The van der Waals surface area contributed by atoms with Gasteiger partial charge in [-0.3, -0.25) is 0 Å². The highest BCUT2D eigenvalue weighted by Gasteiger charge is 2.58. The van der Waals surface area contributed by atoms with E-state index >= 15 is 4.39 Å². The zero-order chi connectivity index (χ0) is 16.4. The van der Waals surface area contributed by atoms with E-state index in [1.165, 1.54) is 25.7 Å². The van der Waals surface area contributed by atoms with Gasteiger partial charge >= 0.3 is 0 Å². The minimum Gasteiger partial charge on any atom is -0.390 e. The van der Waals surface area contributed by atoms with Gasteiger partial charge < -0.3 is 5.11 Å². The summed E-state index contributed by atoms with van der Waals surface area (Å²) in [5.74, 6) is 2.66. The predicted molar refractivity (Wildman–Crippen MR) is 91.8 cm³/mol. The maximum absolute atomic E-state index is 15.1. The lowest BCUT2D eigenvalue weighted by Gasteiger charge is -2.57. The maximum Gasteiger partial charge on any atom is 0.104 e. The second-order valence-corrected chi connectivity index (χ2v) is 9.56. The van der Waals surface area contributed by atoms with Crippen LogP contribution >= 0.6 is 0 Å². The predicted octanol–water partition coefficient (Wildman–Crippen LogP) is 5.28. The molecule has 4 aliphatic rings. The largest absolute Gasteiger partial charge is 0.390 e. The van der Waals surface area contributed by atoms with E-state index in [0.29, 0.717) is 29.6 Å². The fourth-order valence-corrected chi connectivity index (χ4v) is 7.32. The average molecular weight is 320 g/mol. The van der Waals surface area contributed by atoms with Gasteiger partial charge in [0.2, 0.25) is 0 Å². The van der Waals surface area contributed by atoms with Gasteiger partial charge in [-0.2, -0.15) is 0 Å². The minimum absolute atomic E-state index is 0.118. The normalized spacial score (nSPS) is 57.7. The topological polar surface area (TPSA) is 20.2 Å². The Morgan fingerprint density at radius 1 is 1.04 bits per heavy atom. The molecule has 1 N–H and O–H groups in total. The second kappa shape index (κ2) is 5.31. The molecule has 0 aromatic rings. The monoisotopic (exact) mass is 320 g/mol. The van der Waals surface area contributed by atoms with Gasteiger partial charge in [-0.25, -0.2) is 4.39 Å². The van der Waals surface area contributed by atoms with Crippen LogP contribution in [0.5, 0.6) is 0 Å². The SMILES string of the molecule is CC=C1CC[C@H]2[C@@H]3C[C@@H](F)[C@H]4C[C@](C)(O)CC[C@@H]4[C@H]3CC[C@]12C. The quantitative estimate of drug-likeness (QED) is 0.602. The summed E-state index contributed by atoms with van der Waals surface area (Å²) < 4.78 is 15.1. The molecule has 0 heterocycles. The van der Waals surface area contributed by atoms with Crippen molar-refractivity contribution in [2.75, 3.05) is 0 Å². The molecule has 0 saturated heterocycles. The van der Waals surface area contributed by atoms with Crippen molar-refractivity contribution in [3.8, 4) is 0 Å². The van der Waals surface area contributed by atoms with Gasteiger partial charge in [-0.1, -0.05) is 18.6 Å². The van der Waals surface area contributed by atoms with Crippen molar-refractivity contribution >= 4 is 0 Å². The van der Waals surface area contributed by atoms with E-state index in [1.807, 2.05) is 6.92 Å². The van der Waals surface area contributed by atoms with Crippen molar-refractivity contribution in [2.45, 2.75) is 83.9 Å². The number of allylic oxidation sites excluding steroid dienone is 2. The van der Waals surface area contributed by atoms with Crippen molar-refractivity contribution in [3.63, 3.8) is 0 Å². The lowest BCUT2D eigenvalue weighted by Crippen LogP contribution is -2.53. The molecule has 0 unspecified atom stereocenters. The molecule has 0 amide bonds. The van der Waals surface area contributed by atoms with Crippen LogP contribution < -0.4 is 0 Å². The standard InChI is InChI=1S/C21H33FO/c1-4-13-5-6-18-16-11-19(22)17-12-20(2,23)9-7-15(17)14(16)8-10-21(13,18)3/h4,14-19,23H,5-12H2,1-3H3/t14-,15-,16-,17+,18+,19-,20-,21-/m1/s1. The van der Waals surface area contributed by atoms with Crippen molar-refractivity contribution in [3.05, 3.63) is 11.6 Å². The third-order valence-corrected chi connectivity index (χ3v) is 8.44. The Kier molecular flexibility index (Phi) is 3.72. The van der Waals surface area contributed by atoms with E-state index in [9.17, 15) is 5.11 Å². The van der Waals surface area contributed by atoms with E-state index in [0.717, 1.165) is 25.2 Å². The fourth-order valence-electron chi connectivity index (χ4n) is 7.32. The molecule has 0 spiro atoms. The third kappa shape index (κ3) is 2.34.